The third-order valence-corrected chi connectivity index (χ3v) is 5.89. The molecule has 0 bridgehead atoms. The number of aromatic nitrogens is 1. The first-order valence-corrected chi connectivity index (χ1v) is 10.4. The summed E-state index contributed by atoms with van der Waals surface area (Å²) in [6.07, 6.45) is 3.53. The maximum absolute atomic E-state index is 12.4. The molecule has 1 saturated heterocycles. The zero-order chi connectivity index (χ0) is 19.5. The van der Waals surface area contributed by atoms with Gasteiger partial charge >= 0.3 is 0 Å². The van der Waals surface area contributed by atoms with Crippen molar-refractivity contribution in [3.05, 3.63) is 70.0 Å². The van der Waals surface area contributed by atoms with E-state index in [0.29, 0.717) is 6.54 Å². The fraction of sp³-hybridized carbons (Fsp3) is 0.375. The lowest BCUT2D eigenvalue weighted by atomic mass is 9.99. The Balaban J connectivity index is 1.45. The molecule has 146 valence electrons. The minimum Gasteiger partial charge on any atom is -0.381 e. The Kier molecular flexibility index (Phi) is 5.38. The van der Waals surface area contributed by atoms with Gasteiger partial charge in [0.1, 0.15) is 0 Å². The Bertz CT molecular complexity index is 999. The molecule has 3 aromatic rings. The van der Waals surface area contributed by atoms with Crippen molar-refractivity contribution in [3.63, 3.8) is 0 Å². The number of hydrogen-bond acceptors (Lipinski definition) is 3. The van der Waals surface area contributed by atoms with E-state index in [1.54, 1.807) is 0 Å². The molecule has 0 saturated carbocycles. The lowest BCUT2D eigenvalue weighted by Crippen LogP contribution is -2.32. The summed E-state index contributed by atoms with van der Waals surface area (Å²) in [7, 11) is 0. The van der Waals surface area contributed by atoms with E-state index in [0.717, 1.165) is 47.6 Å². The van der Waals surface area contributed by atoms with Crippen LogP contribution in [0, 0.1) is 5.92 Å². The van der Waals surface area contributed by atoms with Crippen molar-refractivity contribution in [1.82, 2.24) is 4.98 Å². The molecule has 2 heterocycles. The quantitative estimate of drug-likeness (QED) is 0.664. The number of benzene rings is 2. The predicted octanol–water partition coefficient (Wildman–Crippen LogP) is 4.94. The third-order valence-electron chi connectivity index (χ3n) is 5.89. The highest BCUT2D eigenvalue weighted by Gasteiger charge is 2.15. The number of nitrogens with zero attached hydrogens (tertiary/aromatic N) is 1. The van der Waals surface area contributed by atoms with E-state index >= 15 is 0 Å². The maximum Gasteiger partial charge on any atom is 0.253 e. The number of H-pyrrole nitrogens is 1. The van der Waals surface area contributed by atoms with Crippen molar-refractivity contribution >= 4 is 22.3 Å². The number of aryl methyl sites for hydroxylation is 1. The van der Waals surface area contributed by atoms with Crippen molar-refractivity contribution in [3.8, 4) is 0 Å². The molecule has 1 aromatic heterocycles. The van der Waals surface area contributed by atoms with Gasteiger partial charge in [0, 0.05) is 42.1 Å². The number of fused-ring (bicyclic) bond motifs is 1. The Labute approximate surface area is 166 Å². The number of anilines is 2. The number of aromatic amines is 1. The van der Waals surface area contributed by atoms with Gasteiger partial charge in [-0.25, -0.2) is 0 Å². The second-order valence-electron chi connectivity index (χ2n) is 7.97. The van der Waals surface area contributed by atoms with Gasteiger partial charge in [0.25, 0.3) is 5.56 Å². The molecule has 0 unspecified atom stereocenters. The van der Waals surface area contributed by atoms with Crippen LogP contribution in [0.2, 0.25) is 0 Å². The lowest BCUT2D eigenvalue weighted by molar-refractivity contribution is 0.438. The first-order valence-electron chi connectivity index (χ1n) is 10.4. The van der Waals surface area contributed by atoms with Crippen LogP contribution in [0.15, 0.2) is 53.3 Å². The van der Waals surface area contributed by atoms with Crippen molar-refractivity contribution in [2.45, 2.75) is 39.7 Å². The van der Waals surface area contributed by atoms with Gasteiger partial charge in [-0.2, -0.15) is 0 Å². The Morgan fingerprint density at radius 2 is 1.82 bits per heavy atom. The molecule has 2 aromatic carbocycles. The molecule has 0 spiro atoms. The minimum atomic E-state index is -0.0247. The highest BCUT2D eigenvalue weighted by atomic mass is 16.1. The van der Waals surface area contributed by atoms with Crippen LogP contribution in [0.1, 0.15) is 37.8 Å². The normalized spacial score (nSPS) is 15.1. The Hall–Kier alpha value is -2.75. The van der Waals surface area contributed by atoms with E-state index in [4.69, 9.17) is 0 Å². The summed E-state index contributed by atoms with van der Waals surface area (Å²) >= 11 is 0. The first kappa shape index (κ1) is 18.6. The van der Waals surface area contributed by atoms with Crippen molar-refractivity contribution in [2.24, 2.45) is 5.92 Å². The fourth-order valence-corrected chi connectivity index (χ4v) is 3.91. The van der Waals surface area contributed by atoms with E-state index in [1.807, 2.05) is 12.1 Å². The number of hydrogen-bond donors (Lipinski definition) is 2. The lowest BCUT2D eigenvalue weighted by Gasteiger charge is -2.32. The summed E-state index contributed by atoms with van der Waals surface area (Å²) in [6.45, 7) is 7.27. The molecule has 28 heavy (non-hydrogen) atoms. The minimum absolute atomic E-state index is 0.0247. The highest BCUT2D eigenvalue weighted by molar-refractivity contribution is 5.79. The van der Waals surface area contributed by atoms with E-state index in [-0.39, 0.29) is 5.56 Å². The van der Waals surface area contributed by atoms with Crippen LogP contribution in [0.4, 0.5) is 11.4 Å². The number of pyridine rings is 1. The summed E-state index contributed by atoms with van der Waals surface area (Å²) in [5.41, 5.74) is 5.23. The van der Waals surface area contributed by atoms with Crippen molar-refractivity contribution in [1.29, 1.82) is 0 Å². The SMILES string of the molecule is CCc1ccc2[nH]c(=O)c(CNc3ccc(N4CCC(C)CC4)cc3)cc2c1. The van der Waals surface area contributed by atoms with Gasteiger partial charge in [-0.3, -0.25) is 4.79 Å². The molecule has 0 amide bonds. The maximum atomic E-state index is 12.4. The summed E-state index contributed by atoms with van der Waals surface area (Å²) in [6, 6.07) is 16.8. The summed E-state index contributed by atoms with van der Waals surface area (Å²) < 4.78 is 0. The van der Waals surface area contributed by atoms with Gasteiger partial charge in [0.15, 0.2) is 0 Å². The fourth-order valence-electron chi connectivity index (χ4n) is 3.91. The van der Waals surface area contributed by atoms with Crippen LogP contribution in [0.5, 0.6) is 0 Å². The highest BCUT2D eigenvalue weighted by Crippen LogP contribution is 2.24. The summed E-state index contributed by atoms with van der Waals surface area (Å²) in [4.78, 5) is 17.9. The zero-order valence-corrected chi connectivity index (χ0v) is 16.8. The average Bonchev–Trinajstić information content (AvgIpc) is 2.73. The van der Waals surface area contributed by atoms with Gasteiger partial charge in [0.05, 0.1) is 0 Å². The van der Waals surface area contributed by atoms with Gasteiger partial charge < -0.3 is 15.2 Å². The van der Waals surface area contributed by atoms with Crippen LogP contribution in [0.3, 0.4) is 0 Å². The second kappa shape index (κ2) is 8.09. The summed E-state index contributed by atoms with van der Waals surface area (Å²) in [5.74, 6) is 0.839. The van der Waals surface area contributed by atoms with Gasteiger partial charge in [-0.05, 0) is 78.6 Å². The molecule has 4 rings (SSSR count). The number of rotatable bonds is 5. The predicted molar refractivity (Wildman–Crippen MR) is 118 cm³/mol. The van der Waals surface area contributed by atoms with E-state index < -0.39 is 0 Å². The van der Waals surface area contributed by atoms with Crippen LogP contribution in [-0.2, 0) is 13.0 Å². The van der Waals surface area contributed by atoms with Crippen molar-refractivity contribution < 1.29 is 0 Å². The van der Waals surface area contributed by atoms with Crippen LogP contribution in [0.25, 0.3) is 10.9 Å². The molecule has 1 aliphatic rings. The van der Waals surface area contributed by atoms with E-state index in [1.165, 1.54) is 24.1 Å². The van der Waals surface area contributed by atoms with Gasteiger partial charge in [-0.15, -0.1) is 0 Å². The molecule has 0 radical (unpaired) electrons. The van der Waals surface area contributed by atoms with Crippen LogP contribution < -0.4 is 15.8 Å². The number of nitrogens with one attached hydrogen (secondary N) is 2. The smallest absolute Gasteiger partial charge is 0.253 e. The zero-order valence-electron chi connectivity index (χ0n) is 16.8. The van der Waals surface area contributed by atoms with Crippen molar-refractivity contribution in [2.75, 3.05) is 23.3 Å². The number of piperidine rings is 1. The molecule has 4 heteroatoms. The molecule has 1 fully saturated rings. The average molecular weight is 376 g/mol. The molecule has 0 atom stereocenters. The van der Waals surface area contributed by atoms with Crippen LogP contribution >= 0.6 is 0 Å². The van der Waals surface area contributed by atoms with Gasteiger partial charge in [0.2, 0.25) is 0 Å². The molecule has 1 aliphatic heterocycles. The molecule has 0 aliphatic carbocycles. The van der Waals surface area contributed by atoms with Gasteiger partial charge in [-0.1, -0.05) is 19.9 Å². The standard InChI is InChI=1S/C24H29N3O/c1-3-18-4-9-23-19(14-18)15-20(24(28)26-23)16-25-21-5-7-22(8-6-21)27-12-10-17(2)11-13-27/h4-9,14-15,17,25H,3,10-13,16H2,1-2H3,(H,26,28). The molecule has 2 N–H and O–H groups in total. The molecular formula is C24H29N3O. The topological polar surface area (TPSA) is 48.1 Å². The largest absolute Gasteiger partial charge is 0.381 e. The van der Waals surface area contributed by atoms with Crippen LogP contribution in [-0.4, -0.2) is 18.1 Å². The molecular weight excluding hydrogens is 346 g/mol. The third kappa shape index (κ3) is 4.06. The second-order valence-corrected chi connectivity index (χ2v) is 7.97. The monoisotopic (exact) mass is 375 g/mol. The van der Waals surface area contributed by atoms with E-state index in [9.17, 15) is 4.79 Å². The Morgan fingerprint density at radius 1 is 1.07 bits per heavy atom. The summed E-state index contributed by atoms with van der Waals surface area (Å²) in [5, 5.41) is 4.48. The Morgan fingerprint density at radius 3 is 2.54 bits per heavy atom. The first-order chi connectivity index (χ1) is 13.6. The van der Waals surface area contributed by atoms with E-state index in [2.05, 4.69) is 65.4 Å². The molecule has 4 nitrogen and oxygen atoms in total.